The largest absolute Gasteiger partial charge is 0.494 e. The Morgan fingerprint density at radius 3 is 2.75 bits per heavy atom. The van der Waals surface area contributed by atoms with Gasteiger partial charge in [0.25, 0.3) is 0 Å². The summed E-state index contributed by atoms with van der Waals surface area (Å²) in [6, 6.07) is 10.2. The maximum atomic E-state index is 12.0. The fourth-order valence-electron chi connectivity index (χ4n) is 3.65. The van der Waals surface area contributed by atoms with Crippen LogP contribution in [0.4, 0.5) is 0 Å². The van der Waals surface area contributed by atoms with Crippen LogP contribution in [0.1, 0.15) is 56.8 Å². The van der Waals surface area contributed by atoms with Crippen LogP contribution in [-0.4, -0.2) is 40.1 Å². The molecule has 0 spiro atoms. The number of hydrogen-bond acceptors (Lipinski definition) is 5. The molecule has 1 heterocycles. The molecular weight excluding hydrogens is 372 g/mol. The number of hydrogen-bond donors (Lipinski definition) is 1. The first-order valence-electron chi connectivity index (χ1n) is 10.2. The van der Waals surface area contributed by atoms with E-state index >= 15 is 0 Å². The summed E-state index contributed by atoms with van der Waals surface area (Å²) >= 11 is 1.66. The molecule has 1 aliphatic rings. The molecule has 0 saturated heterocycles. The first kappa shape index (κ1) is 20.7. The molecule has 0 unspecified atom stereocenters. The predicted molar refractivity (Wildman–Crippen MR) is 112 cm³/mol. The van der Waals surface area contributed by atoms with Gasteiger partial charge < -0.3 is 14.6 Å². The molecule has 1 aromatic carbocycles. The quantitative estimate of drug-likeness (QED) is 0.454. The second-order valence-corrected chi connectivity index (χ2v) is 7.90. The van der Waals surface area contributed by atoms with Crippen molar-refractivity contribution in [2.75, 3.05) is 19.4 Å². The van der Waals surface area contributed by atoms with Gasteiger partial charge in [-0.25, -0.2) is 0 Å². The van der Waals surface area contributed by atoms with E-state index in [4.69, 9.17) is 4.74 Å². The van der Waals surface area contributed by atoms with Crippen LogP contribution in [0, 0.1) is 0 Å². The van der Waals surface area contributed by atoms with Crippen LogP contribution in [0.2, 0.25) is 0 Å². The first-order chi connectivity index (χ1) is 13.8. The van der Waals surface area contributed by atoms with Gasteiger partial charge in [-0.3, -0.25) is 4.79 Å². The van der Waals surface area contributed by atoms with Crippen LogP contribution < -0.4 is 10.1 Å². The summed E-state index contributed by atoms with van der Waals surface area (Å²) in [5.41, 5.74) is 0. The molecule has 1 N–H and O–H groups in total. The van der Waals surface area contributed by atoms with E-state index < -0.39 is 0 Å². The third-order valence-electron chi connectivity index (χ3n) is 5.07. The van der Waals surface area contributed by atoms with Crippen LogP contribution in [0.25, 0.3) is 0 Å². The third kappa shape index (κ3) is 5.99. The van der Waals surface area contributed by atoms with Crippen molar-refractivity contribution in [1.82, 2.24) is 20.1 Å². The van der Waals surface area contributed by atoms with Crippen molar-refractivity contribution in [3.05, 3.63) is 36.2 Å². The Morgan fingerprint density at radius 1 is 1.21 bits per heavy atom. The molecule has 3 rings (SSSR count). The monoisotopic (exact) mass is 402 g/mol. The molecule has 0 aliphatic heterocycles. The van der Waals surface area contributed by atoms with Crippen molar-refractivity contribution >= 4 is 17.7 Å². The molecule has 1 saturated carbocycles. The highest BCUT2D eigenvalue weighted by Gasteiger charge is 2.23. The number of amides is 1. The van der Waals surface area contributed by atoms with Crippen molar-refractivity contribution in [2.24, 2.45) is 0 Å². The van der Waals surface area contributed by atoms with E-state index in [0.717, 1.165) is 29.6 Å². The number of thioether (sulfide) groups is 1. The lowest BCUT2D eigenvalue weighted by atomic mass is 10.2. The Balaban J connectivity index is 1.33. The molecule has 6 nitrogen and oxygen atoms in total. The predicted octanol–water partition coefficient (Wildman–Crippen LogP) is 4.02. The van der Waals surface area contributed by atoms with Gasteiger partial charge in [0.1, 0.15) is 11.6 Å². The van der Waals surface area contributed by atoms with Gasteiger partial charge in [0.2, 0.25) is 5.91 Å². The molecule has 0 radical (unpaired) electrons. The van der Waals surface area contributed by atoms with Gasteiger partial charge >= 0.3 is 0 Å². The number of nitrogens with zero attached hydrogens (tertiary/aromatic N) is 3. The minimum absolute atomic E-state index is 0.0822. The molecule has 2 aromatic rings. The number of carbonyl (C=O) groups is 1. The number of aromatic nitrogens is 3. The summed E-state index contributed by atoms with van der Waals surface area (Å²) in [6.07, 6.45) is 10.0. The van der Waals surface area contributed by atoms with Crippen LogP contribution in [-0.2, 0) is 11.2 Å². The number of para-hydroxylation sites is 1. The maximum Gasteiger partial charge on any atom is 0.220 e. The summed E-state index contributed by atoms with van der Waals surface area (Å²) in [4.78, 5) is 12.0. The standard InChI is InChI=1S/C21H30N4O2S/c1-28-21-24-23-19(25(21)17-9-5-6-10-17)13-7-15-22-20(26)14-8-16-27-18-11-3-2-4-12-18/h2-4,11-12,17H,5-10,13-16H2,1H3,(H,22,26). The highest BCUT2D eigenvalue weighted by molar-refractivity contribution is 7.98. The zero-order valence-electron chi connectivity index (χ0n) is 16.6. The van der Waals surface area contributed by atoms with Gasteiger partial charge in [-0.1, -0.05) is 42.8 Å². The molecule has 28 heavy (non-hydrogen) atoms. The topological polar surface area (TPSA) is 69.0 Å². The van der Waals surface area contributed by atoms with Crippen LogP contribution in [0.3, 0.4) is 0 Å². The van der Waals surface area contributed by atoms with Gasteiger partial charge in [0.15, 0.2) is 5.16 Å². The average Bonchev–Trinajstić information content (AvgIpc) is 3.38. The normalized spacial score (nSPS) is 14.3. The molecule has 1 aliphatic carbocycles. The second-order valence-electron chi connectivity index (χ2n) is 7.13. The fourth-order valence-corrected chi connectivity index (χ4v) is 4.22. The molecule has 1 amide bonds. The van der Waals surface area contributed by atoms with Crippen molar-refractivity contribution in [1.29, 1.82) is 0 Å². The summed E-state index contributed by atoms with van der Waals surface area (Å²) in [7, 11) is 0. The van der Waals surface area contributed by atoms with Crippen molar-refractivity contribution < 1.29 is 9.53 Å². The Labute approximate surface area is 171 Å². The van der Waals surface area contributed by atoms with E-state index in [1.807, 2.05) is 30.3 Å². The number of rotatable bonds is 11. The van der Waals surface area contributed by atoms with E-state index in [1.54, 1.807) is 11.8 Å². The summed E-state index contributed by atoms with van der Waals surface area (Å²) in [5.74, 6) is 1.99. The van der Waals surface area contributed by atoms with Crippen molar-refractivity contribution in [3.8, 4) is 5.75 Å². The van der Waals surface area contributed by atoms with Crippen molar-refractivity contribution in [2.45, 2.75) is 62.6 Å². The molecule has 1 aromatic heterocycles. The van der Waals surface area contributed by atoms with Gasteiger partial charge in [-0.05, 0) is 44.1 Å². The molecule has 0 bridgehead atoms. The molecule has 7 heteroatoms. The van der Waals surface area contributed by atoms with Crippen molar-refractivity contribution in [3.63, 3.8) is 0 Å². The minimum Gasteiger partial charge on any atom is -0.494 e. The van der Waals surface area contributed by atoms with Crippen LogP contribution in [0.15, 0.2) is 35.5 Å². The van der Waals surface area contributed by atoms with Gasteiger partial charge in [0.05, 0.1) is 6.61 Å². The van der Waals surface area contributed by atoms with E-state index in [0.29, 0.717) is 32.0 Å². The maximum absolute atomic E-state index is 12.0. The number of carbonyl (C=O) groups excluding carboxylic acids is 1. The fraction of sp³-hybridized carbons (Fsp3) is 0.571. The lowest BCUT2D eigenvalue weighted by Crippen LogP contribution is -2.25. The Morgan fingerprint density at radius 2 is 2.00 bits per heavy atom. The lowest BCUT2D eigenvalue weighted by Gasteiger charge is -2.16. The molecule has 1 fully saturated rings. The van der Waals surface area contributed by atoms with E-state index in [-0.39, 0.29) is 5.91 Å². The summed E-state index contributed by atoms with van der Waals surface area (Å²) in [6.45, 7) is 1.23. The van der Waals surface area contributed by atoms with Gasteiger partial charge in [-0.2, -0.15) is 0 Å². The number of benzene rings is 1. The van der Waals surface area contributed by atoms with Gasteiger partial charge in [0, 0.05) is 25.4 Å². The summed E-state index contributed by atoms with van der Waals surface area (Å²) in [5, 5.41) is 12.8. The zero-order chi connectivity index (χ0) is 19.6. The SMILES string of the molecule is CSc1nnc(CCCNC(=O)CCCOc2ccccc2)n1C1CCCC1. The lowest BCUT2D eigenvalue weighted by molar-refractivity contribution is -0.121. The Hall–Kier alpha value is -2.02. The van der Waals surface area contributed by atoms with E-state index in [1.165, 1.54) is 25.7 Å². The first-order valence-corrected chi connectivity index (χ1v) is 11.4. The molecule has 152 valence electrons. The number of nitrogens with one attached hydrogen (secondary N) is 1. The Bertz CT molecular complexity index is 729. The highest BCUT2D eigenvalue weighted by atomic mass is 32.2. The highest BCUT2D eigenvalue weighted by Crippen LogP contribution is 2.33. The minimum atomic E-state index is 0.0822. The third-order valence-corrected chi connectivity index (χ3v) is 5.71. The second kappa shape index (κ2) is 11.1. The van der Waals surface area contributed by atoms with E-state index in [9.17, 15) is 4.79 Å². The average molecular weight is 403 g/mol. The number of aryl methyl sites for hydroxylation is 1. The molecule has 0 atom stereocenters. The van der Waals surface area contributed by atoms with Crippen LogP contribution in [0.5, 0.6) is 5.75 Å². The smallest absolute Gasteiger partial charge is 0.220 e. The van der Waals surface area contributed by atoms with E-state index in [2.05, 4.69) is 26.3 Å². The molecular formula is C21H30N4O2S. The van der Waals surface area contributed by atoms with Crippen LogP contribution >= 0.6 is 11.8 Å². The Kier molecular flexibility index (Phi) is 8.21. The summed E-state index contributed by atoms with van der Waals surface area (Å²) < 4.78 is 7.95. The zero-order valence-corrected chi connectivity index (χ0v) is 17.4. The van der Waals surface area contributed by atoms with Gasteiger partial charge in [-0.15, -0.1) is 10.2 Å². The number of ether oxygens (including phenoxy) is 1.